The third-order valence-corrected chi connectivity index (χ3v) is 3.20. The summed E-state index contributed by atoms with van der Waals surface area (Å²) in [5, 5.41) is 23.5. The molecule has 0 saturated carbocycles. The predicted octanol–water partition coefficient (Wildman–Crippen LogP) is 1.72. The maximum absolute atomic E-state index is 8.98. The lowest BCUT2D eigenvalue weighted by Crippen LogP contribution is -2.29. The fourth-order valence-corrected chi connectivity index (χ4v) is 2.05. The smallest absolute Gasteiger partial charge is 0.117 e. The van der Waals surface area contributed by atoms with Crippen LogP contribution in [0.1, 0.15) is 25.5 Å². The summed E-state index contributed by atoms with van der Waals surface area (Å²) in [6, 6.07) is 10.3. The maximum atomic E-state index is 8.98. The molecule has 1 atom stereocenters. The average Bonchev–Trinajstić information content (AvgIpc) is 2.93. The van der Waals surface area contributed by atoms with Gasteiger partial charge < -0.3 is 10.4 Å². The topological polar surface area (TPSA) is 73.8 Å². The van der Waals surface area contributed by atoms with Crippen molar-refractivity contribution in [3.63, 3.8) is 0 Å². The number of aromatic nitrogens is 3. The van der Waals surface area contributed by atoms with Crippen molar-refractivity contribution >= 4 is 0 Å². The van der Waals surface area contributed by atoms with Gasteiger partial charge in [0.05, 0.1) is 0 Å². The lowest BCUT2D eigenvalue weighted by molar-refractivity contribution is 0.262. The summed E-state index contributed by atoms with van der Waals surface area (Å²) in [6.07, 6.45) is 1.74. The van der Waals surface area contributed by atoms with Gasteiger partial charge in [-0.25, -0.2) is 0 Å². The Labute approximate surface area is 113 Å². The van der Waals surface area contributed by atoms with Crippen LogP contribution in [0, 0.1) is 0 Å². The summed E-state index contributed by atoms with van der Waals surface area (Å²) in [7, 11) is 0. The number of aliphatic hydroxyl groups excluding tert-OH is 1. The highest BCUT2D eigenvalue weighted by Gasteiger charge is 2.11. The van der Waals surface area contributed by atoms with Crippen molar-refractivity contribution in [2.75, 3.05) is 6.61 Å². The fraction of sp³-hybridized carbons (Fsp3) is 0.429. The van der Waals surface area contributed by atoms with Gasteiger partial charge in [0.25, 0.3) is 0 Å². The molecule has 1 aromatic heterocycles. The van der Waals surface area contributed by atoms with Crippen LogP contribution in [0.3, 0.4) is 0 Å². The number of hydrogen-bond donors (Lipinski definition) is 3. The fourth-order valence-electron chi connectivity index (χ4n) is 2.05. The van der Waals surface area contributed by atoms with Crippen molar-refractivity contribution in [1.82, 2.24) is 20.7 Å². The van der Waals surface area contributed by atoms with E-state index in [4.69, 9.17) is 5.11 Å². The Hall–Kier alpha value is -1.72. The second-order valence-electron chi connectivity index (χ2n) is 4.48. The Balaban J connectivity index is 2.04. The van der Waals surface area contributed by atoms with Gasteiger partial charge in [-0.15, -0.1) is 0 Å². The summed E-state index contributed by atoms with van der Waals surface area (Å²) >= 11 is 0. The first-order valence-corrected chi connectivity index (χ1v) is 6.64. The van der Waals surface area contributed by atoms with Gasteiger partial charge in [-0.05, 0) is 12.8 Å². The Kier molecular flexibility index (Phi) is 5.06. The number of aromatic amines is 1. The number of benzene rings is 1. The van der Waals surface area contributed by atoms with Gasteiger partial charge in [-0.3, -0.25) is 0 Å². The summed E-state index contributed by atoms with van der Waals surface area (Å²) in [4.78, 5) is 0. The Bertz CT molecular complexity index is 483. The van der Waals surface area contributed by atoms with E-state index >= 15 is 0 Å². The molecule has 2 aromatic rings. The number of nitrogens with zero attached hydrogens (tertiary/aromatic N) is 2. The quantitative estimate of drug-likeness (QED) is 0.708. The van der Waals surface area contributed by atoms with Gasteiger partial charge in [0.2, 0.25) is 0 Å². The Morgan fingerprint density at radius 3 is 2.74 bits per heavy atom. The van der Waals surface area contributed by atoms with Gasteiger partial charge in [0.15, 0.2) is 0 Å². The van der Waals surface area contributed by atoms with E-state index in [2.05, 4.69) is 27.7 Å². The molecule has 3 N–H and O–H groups in total. The van der Waals surface area contributed by atoms with Gasteiger partial charge in [0.1, 0.15) is 11.4 Å². The molecule has 0 radical (unpaired) electrons. The van der Waals surface area contributed by atoms with Crippen LogP contribution in [0.4, 0.5) is 0 Å². The van der Waals surface area contributed by atoms with Crippen LogP contribution in [0.25, 0.3) is 11.3 Å². The van der Waals surface area contributed by atoms with Crippen LogP contribution in [0.2, 0.25) is 0 Å². The van der Waals surface area contributed by atoms with E-state index in [0.29, 0.717) is 12.6 Å². The van der Waals surface area contributed by atoms with Gasteiger partial charge in [-0.2, -0.15) is 15.4 Å². The second-order valence-corrected chi connectivity index (χ2v) is 4.48. The van der Waals surface area contributed by atoms with Gasteiger partial charge in [0, 0.05) is 24.8 Å². The molecule has 102 valence electrons. The van der Waals surface area contributed by atoms with Crippen LogP contribution in [-0.2, 0) is 6.54 Å². The van der Waals surface area contributed by atoms with Crippen LogP contribution < -0.4 is 5.32 Å². The predicted molar refractivity (Wildman–Crippen MR) is 74.4 cm³/mol. The molecule has 0 fully saturated rings. The first-order valence-electron chi connectivity index (χ1n) is 6.64. The molecule has 19 heavy (non-hydrogen) atoms. The SMILES string of the molecule is CCC(CCO)NCc1n[nH]nc1-c1ccccc1. The number of H-pyrrole nitrogens is 1. The second kappa shape index (κ2) is 7.01. The molecule has 0 aliphatic carbocycles. The van der Waals surface area contributed by atoms with Crippen molar-refractivity contribution in [2.24, 2.45) is 0 Å². The van der Waals surface area contributed by atoms with E-state index in [0.717, 1.165) is 29.8 Å². The molecule has 1 heterocycles. The minimum absolute atomic E-state index is 0.204. The molecular formula is C14H20N4O. The van der Waals surface area contributed by atoms with Crippen LogP contribution in [0.5, 0.6) is 0 Å². The first-order chi connectivity index (χ1) is 9.35. The molecule has 2 rings (SSSR count). The first kappa shape index (κ1) is 13.7. The van der Waals surface area contributed by atoms with Crippen LogP contribution in [0.15, 0.2) is 30.3 Å². The molecule has 1 unspecified atom stereocenters. The summed E-state index contributed by atoms with van der Waals surface area (Å²) in [5.41, 5.74) is 2.85. The lowest BCUT2D eigenvalue weighted by atomic mass is 10.1. The molecule has 1 aromatic carbocycles. The summed E-state index contributed by atoms with van der Waals surface area (Å²) < 4.78 is 0. The molecule has 5 heteroatoms. The van der Waals surface area contributed by atoms with Crippen molar-refractivity contribution < 1.29 is 5.11 Å². The molecular weight excluding hydrogens is 240 g/mol. The molecule has 0 aliphatic heterocycles. The summed E-state index contributed by atoms with van der Waals surface area (Å²) in [6.45, 7) is 2.96. The maximum Gasteiger partial charge on any atom is 0.117 e. The molecule has 0 amide bonds. The molecule has 0 aliphatic rings. The van der Waals surface area contributed by atoms with E-state index < -0.39 is 0 Å². The zero-order valence-electron chi connectivity index (χ0n) is 11.1. The van der Waals surface area contributed by atoms with Crippen molar-refractivity contribution in [3.8, 4) is 11.3 Å². The molecule has 5 nitrogen and oxygen atoms in total. The molecule has 0 spiro atoms. The minimum Gasteiger partial charge on any atom is -0.396 e. The van der Waals surface area contributed by atoms with Crippen molar-refractivity contribution in [1.29, 1.82) is 0 Å². The average molecular weight is 260 g/mol. The zero-order valence-corrected chi connectivity index (χ0v) is 11.1. The Morgan fingerprint density at radius 2 is 2.05 bits per heavy atom. The van der Waals surface area contributed by atoms with Crippen molar-refractivity contribution in [2.45, 2.75) is 32.4 Å². The van der Waals surface area contributed by atoms with E-state index in [-0.39, 0.29) is 6.61 Å². The third-order valence-electron chi connectivity index (χ3n) is 3.20. The Morgan fingerprint density at radius 1 is 1.26 bits per heavy atom. The van der Waals surface area contributed by atoms with E-state index in [9.17, 15) is 0 Å². The van der Waals surface area contributed by atoms with Gasteiger partial charge >= 0.3 is 0 Å². The van der Waals surface area contributed by atoms with Crippen LogP contribution >= 0.6 is 0 Å². The number of rotatable bonds is 7. The standard InChI is InChI=1S/C14H20N4O/c1-2-12(8-9-19)15-10-13-14(17-18-16-13)11-6-4-3-5-7-11/h3-7,12,15,19H,2,8-10H2,1H3,(H,16,17,18). The lowest BCUT2D eigenvalue weighted by Gasteiger charge is -2.14. The largest absolute Gasteiger partial charge is 0.396 e. The minimum atomic E-state index is 0.204. The molecule has 0 saturated heterocycles. The van der Waals surface area contributed by atoms with Gasteiger partial charge in [-0.1, -0.05) is 37.3 Å². The number of nitrogens with one attached hydrogen (secondary N) is 2. The van der Waals surface area contributed by atoms with E-state index in [1.807, 2.05) is 30.3 Å². The van der Waals surface area contributed by atoms with Crippen LogP contribution in [-0.4, -0.2) is 33.2 Å². The third kappa shape index (κ3) is 3.62. The highest BCUT2D eigenvalue weighted by molar-refractivity contribution is 5.60. The highest BCUT2D eigenvalue weighted by Crippen LogP contribution is 2.18. The number of aliphatic hydroxyl groups is 1. The molecule has 0 bridgehead atoms. The van der Waals surface area contributed by atoms with Crippen molar-refractivity contribution in [3.05, 3.63) is 36.0 Å². The highest BCUT2D eigenvalue weighted by atomic mass is 16.3. The number of hydrogen-bond acceptors (Lipinski definition) is 4. The van der Waals surface area contributed by atoms with E-state index in [1.54, 1.807) is 0 Å². The summed E-state index contributed by atoms with van der Waals surface area (Å²) in [5.74, 6) is 0. The monoisotopic (exact) mass is 260 g/mol. The normalized spacial score (nSPS) is 12.5. The van der Waals surface area contributed by atoms with E-state index in [1.165, 1.54) is 0 Å². The zero-order chi connectivity index (χ0) is 13.5.